The number of ether oxygens (including phenoxy) is 3. The molecule has 1 heterocycles. The number of anilines is 2. The molecule has 7 nitrogen and oxygen atoms in total. The molecule has 1 aromatic heterocycles. The van der Waals surface area contributed by atoms with Gasteiger partial charge in [-0.1, -0.05) is 6.07 Å². The third-order valence-electron chi connectivity index (χ3n) is 3.36. The van der Waals surface area contributed by atoms with Gasteiger partial charge in [0.2, 0.25) is 0 Å². The zero-order chi connectivity index (χ0) is 17.4. The van der Waals surface area contributed by atoms with Gasteiger partial charge in [0.05, 0.1) is 33.2 Å². The number of nitrogens with zero attached hydrogens (tertiary/aromatic N) is 1. The van der Waals surface area contributed by atoms with Gasteiger partial charge in [0.15, 0.2) is 11.5 Å². The van der Waals surface area contributed by atoms with Crippen molar-refractivity contribution in [2.75, 3.05) is 38.5 Å². The summed E-state index contributed by atoms with van der Waals surface area (Å²) in [6.07, 6.45) is 1.85. The Morgan fingerprint density at radius 2 is 1.88 bits per heavy atom. The number of carbonyl (C=O) groups is 1. The predicted molar refractivity (Wildman–Crippen MR) is 92.0 cm³/mol. The highest BCUT2D eigenvalue weighted by Crippen LogP contribution is 2.27. The van der Waals surface area contributed by atoms with Gasteiger partial charge in [-0.3, -0.25) is 5.32 Å². The molecule has 0 fully saturated rings. The van der Waals surface area contributed by atoms with Crippen molar-refractivity contribution in [3.8, 4) is 11.5 Å². The van der Waals surface area contributed by atoms with Crippen molar-refractivity contribution >= 4 is 17.6 Å². The van der Waals surface area contributed by atoms with Gasteiger partial charge in [0.25, 0.3) is 0 Å². The Morgan fingerprint density at radius 1 is 1.08 bits per heavy atom. The number of amides is 1. The van der Waals surface area contributed by atoms with Gasteiger partial charge in [-0.15, -0.1) is 0 Å². The second-order valence-electron chi connectivity index (χ2n) is 4.91. The Hall–Kier alpha value is -2.96. The number of methoxy groups -OCH3 is 3. The summed E-state index contributed by atoms with van der Waals surface area (Å²) in [4.78, 5) is 15.3. The highest BCUT2D eigenvalue weighted by Gasteiger charge is 2.05. The van der Waals surface area contributed by atoms with E-state index in [2.05, 4.69) is 20.4 Å². The standard InChI is InChI=1S/C17H21N3O4/c1-22-14-6-4-12(10-15(14)23-2)8-9-18-16-7-5-13(11-19-16)20-17(21)24-3/h4-7,10-11H,8-9H2,1-3H3,(H,18,19)(H,20,21). The molecule has 2 rings (SSSR count). The van der Waals surface area contributed by atoms with Crippen molar-refractivity contribution < 1.29 is 19.0 Å². The first-order valence-electron chi connectivity index (χ1n) is 7.42. The van der Waals surface area contributed by atoms with Crippen molar-refractivity contribution in [3.63, 3.8) is 0 Å². The number of rotatable bonds is 7. The second-order valence-corrected chi connectivity index (χ2v) is 4.91. The third-order valence-corrected chi connectivity index (χ3v) is 3.36. The maximum atomic E-state index is 11.1. The van der Waals surface area contributed by atoms with E-state index in [1.54, 1.807) is 32.5 Å². The van der Waals surface area contributed by atoms with Crippen molar-refractivity contribution in [2.24, 2.45) is 0 Å². The summed E-state index contributed by atoms with van der Waals surface area (Å²) in [7, 11) is 4.55. The highest BCUT2D eigenvalue weighted by molar-refractivity contribution is 5.84. The molecule has 0 radical (unpaired) electrons. The quantitative estimate of drug-likeness (QED) is 0.812. The maximum Gasteiger partial charge on any atom is 0.411 e. The number of aromatic nitrogens is 1. The summed E-state index contributed by atoms with van der Waals surface area (Å²) < 4.78 is 15.0. The van der Waals surface area contributed by atoms with Crippen LogP contribution in [0, 0.1) is 0 Å². The molecule has 2 N–H and O–H groups in total. The minimum atomic E-state index is -0.522. The fourth-order valence-corrected chi connectivity index (χ4v) is 2.11. The summed E-state index contributed by atoms with van der Waals surface area (Å²) in [6.45, 7) is 0.715. The van der Waals surface area contributed by atoms with Crippen LogP contribution in [0.15, 0.2) is 36.5 Å². The summed E-state index contributed by atoms with van der Waals surface area (Å²) in [5, 5.41) is 5.77. The van der Waals surface area contributed by atoms with Gasteiger partial charge < -0.3 is 19.5 Å². The van der Waals surface area contributed by atoms with E-state index >= 15 is 0 Å². The number of pyridine rings is 1. The number of carbonyl (C=O) groups excluding carboxylic acids is 1. The van der Waals surface area contributed by atoms with E-state index < -0.39 is 6.09 Å². The van der Waals surface area contributed by atoms with E-state index in [0.29, 0.717) is 23.7 Å². The van der Waals surface area contributed by atoms with Crippen LogP contribution >= 0.6 is 0 Å². The third kappa shape index (κ3) is 4.77. The zero-order valence-electron chi connectivity index (χ0n) is 14.0. The molecular formula is C17H21N3O4. The van der Waals surface area contributed by atoms with Crippen molar-refractivity contribution in [3.05, 3.63) is 42.1 Å². The normalized spacial score (nSPS) is 9.96. The van der Waals surface area contributed by atoms with Crippen LogP contribution in [-0.2, 0) is 11.2 Å². The van der Waals surface area contributed by atoms with Crippen LogP contribution < -0.4 is 20.1 Å². The van der Waals surface area contributed by atoms with Crippen LogP contribution in [0.3, 0.4) is 0 Å². The molecule has 24 heavy (non-hydrogen) atoms. The molecule has 0 bridgehead atoms. The fraction of sp³-hybridized carbons (Fsp3) is 0.294. The average Bonchev–Trinajstić information content (AvgIpc) is 2.62. The largest absolute Gasteiger partial charge is 0.493 e. The lowest BCUT2D eigenvalue weighted by Gasteiger charge is -2.10. The molecule has 2 aromatic rings. The molecule has 0 aliphatic rings. The minimum Gasteiger partial charge on any atom is -0.493 e. The van der Waals surface area contributed by atoms with Gasteiger partial charge >= 0.3 is 6.09 Å². The zero-order valence-corrected chi connectivity index (χ0v) is 14.0. The fourth-order valence-electron chi connectivity index (χ4n) is 2.11. The molecule has 0 aliphatic heterocycles. The molecule has 0 atom stereocenters. The summed E-state index contributed by atoms with van der Waals surface area (Å²) in [5.41, 5.74) is 1.71. The molecule has 0 spiro atoms. The van der Waals surface area contributed by atoms with Crippen LogP contribution in [0.25, 0.3) is 0 Å². The SMILES string of the molecule is COC(=O)Nc1ccc(NCCc2ccc(OC)c(OC)c2)nc1. The summed E-state index contributed by atoms with van der Waals surface area (Å²) >= 11 is 0. The molecule has 128 valence electrons. The Bertz CT molecular complexity index is 674. The minimum absolute atomic E-state index is 0.522. The van der Waals surface area contributed by atoms with Gasteiger partial charge in [-0.25, -0.2) is 9.78 Å². The number of benzene rings is 1. The van der Waals surface area contributed by atoms with Crippen molar-refractivity contribution in [1.82, 2.24) is 4.98 Å². The molecule has 1 amide bonds. The Morgan fingerprint density at radius 3 is 2.50 bits per heavy atom. The average molecular weight is 331 g/mol. The highest BCUT2D eigenvalue weighted by atomic mass is 16.5. The van der Waals surface area contributed by atoms with Gasteiger partial charge in [-0.05, 0) is 36.2 Å². The molecule has 0 saturated heterocycles. The summed E-state index contributed by atoms with van der Waals surface area (Å²) in [6, 6.07) is 9.39. The van der Waals surface area contributed by atoms with E-state index in [9.17, 15) is 4.79 Å². The van der Waals surface area contributed by atoms with E-state index in [4.69, 9.17) is 9.47 Å². The van der Waals surface area contributed by atoms with Crippen LogP contribution in [0.1, 0.15) is 5.56 Å². The van der Waals surface area contributed by atoms with E-state index in [-0.39, 0.29) is 0 Å². The van der Waals surface area contributed by atoms with Crippen LogP contribution in [0.2, 0.25) is 0 Å². The molecule has 0 saturated carbocycles. The van der Waals surface area contributed by atoms with Crippen LogP contribution in [0.5, 0.6) is 11.5 Å². The van der Waals surface area contributed by atoms with Crippen molar-refractivity contribution in [2.45, 2.75) is 6.42 Å². The van der Waals surface area contributed by atoms with E-state index in [0.717, 1.165) is 17.8 Å². The van der Waals surface area contributed by atoms with Gasteiger partial charge in [-0.2, -0.15) is 0 Å². The first-order valence-corrected chi connectivity index (χ1v) is 7.42. The number of hydrogen-bond donors (Lipinski definition) is 2. The molecule has 0 aliphatic carbocycles. The molecular weight excluding hydrogens is 310 g/mol. The Kier molecular flexibility index (Phi) is 6.24. The first-order chi connectivity index (χ1) is 11.7. The van der Waals surface area contributed by atoms with E-state index in [1.807, 2.05) is 18.2 Å². The second kappa shape index (κ2) is 8.61. The van der Waals surface area contributed by atoms with E-state index in [1.165, 1.54) is 7.11 Å². The first kappa shape index (κ1) is 17.4. The lowest BCUT2D eigenvalue weighted by atomic mass is 10.1. The monoisotopic (exact) mass is 331 g/mol. The van der Waals surface area contributed by atoms with Gasteiger partial charge in [0, 0.05) is 6.54 Å². The topological polar surface area (TPSA) is 81.7 Å². The molecule has 1 aromatic carbocycles. The van der Waals surface area contributed by atoms with Gasteiger partial charge in [0.1, 0.15) is 5.82 Å². The lowest BCUT2D eigenvalue weighted by Crippen LogP contribution is -2.11. The Balaban J connectivity index is 1.86. The molecule has 7 heteroatoms. The maximum absolute atomic E-state index is 11.1. The predicted octanol–water partition coefficient (Wildman–Crippen LogP) is 2.93. The number of nitrogens with one attached hydrogen (secondary N) is 2. The Labute approximate surface area is 140 Å². The smallest absolute Gasteiger partial charge is 0.411 e. The number of hydrogen-bond acceptors (Lipinski definition) is 6. The van der Waals surface area contributed by atoms with Crippen LogP contribution in [-0.4, -0.2) is 39.0 Å². The van der Waals surface area contributed by atoms with Crippen molar-refractivity contribution in [1.29, 1.82) is 0 Å². The lowest BCUT2D eigenvalue weighted by molar-refractivity contribution is 0.187. The molecule has 0 unspecified atom stereocenters. The van der Waals surface area contributed by atoms with Crippen LogP contribution in [0.4, 0.5) is 16.3 Å². The summed E-state index contributed by atoms with van der Waals surface area (Å²) in [5.74, 6) is 2.15.